The molecule has 4 N–H and O–H groups in total. The van der Waals surface area contributed by atoms with E-state index in [0.717, 1.165) is 6.07 Å². The second kappa shape index (κ2) is 6.15. The standard InChI is InChI=1S/C15H13FN2O3/c16-11-8-4-7-10(15(20)21)13(11)18-14(19)12(17)9-5-2-1-3-6-9/h1-8,12H,17H2,(H,18,19)(H,20,21). The van der Waals surface area contributed by atoms with E-state index in [9.17, 15) is 14.0 Å². The Morgan fingerprint density at radius 2 is 1.76 bits per heavy atom. The Labute approximate surface area is 120 Å². The van der Waals surface area contributed by atoms with Crippen molar-refractivity contribution in [3.63, 3.8) is 0 Å². The molecule has 6 heteroatoms. The third kappa shape index (κ3) is 3.24. The Morgan fingerprint density at radius 1 is 1.10 bits per heavy atom. The number of nitrogens with one attached hydrogen (secondary N) is 1. The zero-order valence-corrected chi connectivity index (χ0v) is 10.9. The van der Waals surface area contributed by atoms with Crippen LogP contribution in [0.3, 0.4) is 0 Å². The first-order valence-corrected chi connectivity index (χ1v) is 6.14. The van der Waals surface area contributed by atoms with Gasteiger partial charge in [-0.2, -0.15) is 0 Å². The van der Waals surface area contributed by atoms with Crippen LogP contribution in [0, 0.1) is 5.82 Å². The maximum Gasteiger partial charge on any atom is 0.337 e. The van der Waals surface area contributed by atoms with Crippen LogP contribution in [0.5, 0.6) is 0 Å². The zero-order valence-electron chi connectivity index (χ0n) is 10.9. The topological polar surface area (TPSA) is 92.4 Å². The number of benzene rings is 2. The number of carbonyl (C=O) groups is 2. The Kier molecular flexibility index (Phi) is 4.30. The molecule has 108 valence electrons. The van der Waals surface area contributed by atoms with Crippen LogP contribution in [-0.2, 0) is 4.79 Å². The number of hydrogen-bond donors (Lipinski definition) is 3. The molecule has 0 fully saturated rings. The molecule has 0 aliphatic carbocycles. The van der Waals surface area contributed by atoms with Crippen molar-refractivity contribution in [2.75, 3.05) is 5.32 Å². The fourth-order valence-corrected chi connectivity index (χ4v) is 1.84. The van der Waals surface area contributed by atoms with E-state index >= 15 is 0 Å². The number of nitrogens with two attached hydrogens (primary N) is 1. The van der Waals surface area contributed by atoms with Crippen molar-refractivity contribution in [3.8, 4) is 0 Å². The second-order valence-corrected chi connectivity index (χ2v) is 4.35. The van der Waals surface area contributed by atoms with Crippen molar-refractivity contribution in [2.45, 2.75) is 6.04 Å². The highest BCUT2D eigenvalue weighted by Gasteiger charge is 2.21. The molecule has 5 nitrogen and oxygen atoms in total. The highest BCUT2D eigenvalue weighted by Crippen LogP contribution is 2.21. The summed E-state index contributed by atoms with van der Waals surface area (Å²) in [5.74, 6) is -2.85. The van der Waals surface area contributed by atoms with Crippen molar-refractivity contribution in [3.05, 3.63) is 65.5 Å². The summed E-state index contributed by atoms with van der Waals surface area (Å²) in [6.07, 6.45) is 0. The Hall–Kier alpha value is -2.73. The first-order valence-electron chi connectivity index (χ1n) is 6.14. The molecule has 1 unspecified atom stereocenters. The molecule has 0 radical (unpaired) electrons. The van der Waals surface area contributed by atoms with Crippen LogP contribution >= 0.6 is 0 Å². The van der Waals surface area contributed by atoms with Crippen molar-refractivity contribution in [1.29, 1.82) is 0 Å². The number of halogens is 1. The van der Waals surface area contributed by atoms with Crippen molar-refractivity contribution < 1.29 is 19.1 Å². The highest BCUT2D eigenvalue weighted by atomic mass is 19.1. The van der Waals surface area contributed by atoms with Crippen molar-refractivity contribution in [2.24, 2.45) is 5.73 Å². The molecule has 0 saturated heterocycles. The first-order chi connectivity index (χ1) is 10.0. The maximum atomic E-state index is 13.7. The predicted molar refractivity (Wildman–Crippen MR) is 75.4 cm³/mol. The molecule has 2 rings (SSSR count). The van der Waals surface area contributed by atoms with Gasteiger partial charge < -0.3 is 16.2 Å². The van der Waals surface area contributed by atoms with Gasteiger partial charge in [0.2, 0.25) is 5.91 Å². The van der Waals surface area contributed by atoms with Crippen LogP contribution in [0.25, 0.3) is 0 Å². The fourth-order valence-electron chi connectivity index (χ4n) is 1.84. The smallest absolute Gasteiger partial charge is 0.337 e. The lowest BCUT2D eigenvalue weighted by Gasteiger charge is -2.14. The lowest BCUT2D eigenvalue weighted by Crippen LogP contribution is -2.28. The number of carboxylic acid groups (broad SMARTS) is 1. The maximum absolute atomic E-state index is 13.7. The van der Waals surface area contributed by atoms with Gasteiger partial charge in [0.25, 0.3) is 0 Å². The monoisotopic (exact) mass is 288 g/mol. The van der Waals surface area contributed by atoms with Gasteiger partial charge in [-0.15, -0.1) is 0 Å². The molecule has 0 aliphatic rings. The van der Waals surface area contributed by atoms with Crippen LogP contribution in [0.4, 0.5) is 10.1 Å². The van der Waals surface area contributed by atoms with E-state index < -0.39 is 23.7 Å². The summed E-state index contributed by atoms with van der Waals surface area (Å²) in [6.45, 7) is 0. The number of rotatable bonds is 4. The molecular weight excluding hydrogens is 275 g/mol. The summed E-state index contributed by atoms with van der Waals surface area (Å²) in [4.78, 5) is 23.1. The summed E-state index contributed by atoms with van der Waals surface area (Å²) in [5.41, 5.74) is 5.61. The number of amides is 1. The molecule has 0 bridgehead atoms. The first kappa shape index (κ1) is 14.7. The molecule has 2 aromatic rings. The minimum Gasteiger partial charge on any atom is -0.478 e. The Bertz CT molecular complexity index is 674. The van der Waals surface area contributed by atoms with Gasteiger partial charge in [-0.05, 0) is 17.7 Å². The summed E-state index contributed by atoms with van der Waals surface area (Å²) >= 11 is 0. The molecular formula is C15H13FN2O3. The van der Waals surface area contributed by atoms with Crippen LogP contribution in [0.1, 0.15) is 22.0 Å². The lowest BCUT2D eigenvalue weighted by atomic mass is 10.1. The highest BCUT2D eigenvalue weighted by molar-refractivity contribution is 6.02. The molecule has 1 amide bonds. The Balaban J connectivity index is 2.26. The minimum atomic E-state index is -1.34. The van der Waals surface area contributed by atoms with Crippen LogP contribution in [-0.4, -0.2) is 17.0 Å². The number of aromatic carboxylic acids is 1. The molecule has 2 aromatic carbocycles. The molecule has 0 aromatic heterocycles. The van der Waals surface area contributed by atoms with Gasteiger partial charge in [-0.25, -0.2) is 9.18 Å². The third-order valence-corrected chi connectivity index (χ3v) is 2.93. The molecule has 0 saturated carbocycles. The zero-order chi connectivity index (χ0) is 15.4. The molecule has 0 heterocycles. The van der Waals surface area contributed by atoms with Crippen LogP contribution in [0.2, 0.25) is 0 Å². The quantitative estimate of drug-likeness (QED) is 0.803. The summed E-state index contributed by atoms with van der Waals surface area (Å²) in [5, 5.41) is 11.2. The summed E-state index contributed by atoms with van der Waals surface area (Å²) in [6, 6.07) is 11.0. The Morgan fingerprint density at radius 3 is 2.38 bits per heavy atom. The second-order valence-electron chi connectivity index (χ2n) is 4.35. The summed E-state index contributed by atoms with van der Waals surface area (Å²) in [7, 11) is 0. The van der Waals surface area contributed by atoms with Gasteiger partial charge >= 0.3 is 5.97 Å². The van der Waals surface area contributed by atoms with Gasteiger partial charge in [-0.1, -0.05) is 36.4 Å². The number of hydrogen-bond acceptors (Lipinski definition) is 3. The average Bonchev–Trinajstić information content (AvgIpc) is 2.49. The fraction of sp³-hybridized carbons (Fsp3) is 0.0667. The SMILES string of the molecule is NC(C(=O)Nc1c(F)cccc1C(=O)O)c1ccccc1. The third-order valence-electron chi connectivity index (χ3n) is 2.93. The van der Waals surface area contributed by atoms with Gasteiger partial charge in [0, 0.05) is 0 Å². The minimum absolute atomic E-state index is 0.330. The molecule has 0 aliphatic heterocycles. The van der Waals surface area contributed by atoms with Crippen molar-refractivity contribution in [1.82, 2.24) is 0 Å². The van der Waals surface area contributed by atoms with E-state index in [0.29, 0.717) is 5.56 Å². The number of carboxylic acids is 1. The van der Waals surface area contributed by atoms with E-state index in [1.165, 1.54) is 12.1 Å². The van der Waals surface area contributed by atoms with E-state index in [1.54, 1.807) is 30.3 Å². The largest absolute Gasteiger partial charge is 0.478 e. The number of anilines is 1. The normalized spacial score (nSPS) is 11.7. The summed E-state index contributed by atoms with van der Waals surface area (Å²) < 4.78 is 13.7. The van der Waals surface area contributed by atoms with Gasteiger partial charge in [0.05, 0.1) is 11.3 Å². The lowest BCUT2D eigenvalue weighted by molar-refractivity contribution is -0.117. The molecule has 0 spiro atoms. The van der Waals surface area contributed by atoms with E-state index in [2.05, 4.69) is 5.32 Å². The van der Waals surface area contributed by atoms with Crippen molar-refractivity contribution >= 4 is 17.6 Å². The average molecular weight is 288 g/mol. The van der Waals surface area contributed by atoms with E-state index in [-0.39, 0.29) is 11.3 Å². The van der Waals surface area contributed by atoms with Crippen LogP contribution < -0.4 is 11.1 Å². The number of para-hydroxylation sites is 1. The number of carbonyl (C=O) groups excluding carboxylic acids is 1. The molecule has 1 atom stereocenters. The van der Waals surface area contributed by atoms with Gasteiger partial charge in [-0.3, -0.25) is 4.79 Å². The van der Waals surface area contributed by atoms with E-state index in [4.69, 9.17) is 10.8 Å². The predicted octanol–water partition coefficient (Wildman–Crippen LogP) is 2.16. The van der Waals surface area contributed by atoms with Gasteiger partial charge in [0.15, 0.2) is 0 Å². The van der Waals surface area contributed by atoms with E-state index in [1.807, 2.05) is 0 Å². The molecule has 21 heavy (non-hydrogen) atoms. The van der Waals surface area contributed by atoms with Gasteiger partial charge in [0.1, 0.15) is 11.9 Å². The van der Waals surface area contributed by atoms with Crippen LogP contribution in [0.15, 0.2) is 48.5 Å².